The molecule has 1 unspecified atom stereocenters. The molecular formula is C17H33IN4. The third-order valence-electron chi connectivity index (χ3n) is 5.81. The Morgan fingerprint density at radius 3 is 2.59 bits per heavy atom. The maximum absolute atomic E-state index is 4.94. The van der Waals surface area contributed by atoms with Crippen molar-refractivity contribution in [1.82, 2.24) is 15.1 Å². The zero-order valence-electron chi connectivity index (χ0n) is 14.5. The molecule has 1 atom stereocenters. The van der Waals surface area contributed by atoms with Gasteiger partial charge in [-0.05, 0) is 58.4 Å². The summed E-state index contributed by atoms with van der Waals surface area (Å²) in [5.41, 5.74) is 0.645. The summed E-state index contributed by atoms with van der Waals surface area (Å²) < 4.78 is 0. The van der Waals surface area contributed by atoms with E-state index in [1.54, 1.807) is 0 Å². The standard InChI is InChI=1S/C17H32N4.HI/c1-4-18-16(19-12-14(2)20(3)15-6-7-15)21-11-10-17(13-21)8-5-9-17;/h14-15H,4-13H2,1-3H3,(H,18,19);1H. The van der Waals surface area contributed by atoms with Gasteiger partial charge in [-0.3, -0.25) is 9.89 Å². The summed E-state index contributed by atoms with van der Waals surface area (Å²) in [7, 11) is 2.25. The number of nitrogens with zero attached hydrogens (tertiary/aromatic N) is 3. The summed E-state index contributed by atoms with van der Waals surface area (Å²) in [6.07, 6.45) is 8.42. The second kappa shape index (κ2) is 7.69. The predicted octanol–water partition coefficient (Wildman–Crippen LogP) is 2.93. The number of nitrogens with one attached hydrogen (secondary N) is 1. The van der Waals surface area contributed by atoms with Gasteiger partial charge in [-0.2, -0.15) is 0 Å². The molecule has 0 amide bonds. The Bertz CT molecular complexity index is 390. The van der Waals surface area contributed by atoms with E-state index < -0.39 is 0 Å². The highest BCUT2D eigenvalue weighted by atomic mass is 127. The van der Waals surface area contributed by atoms with Crippen LogP contribution in [0, 0.1) is 5.41 Å². The summed E-state index contributed by atoms with van der Waals surface area (Å²) >= 11 is 0. The number of guanidine groups is 1. The number of aliphatic imine (C=N–C) groups is 1. The van der Waals surface area contributed by atoms with Crippen molar-refractivity contribution in [1.29, 1.82) is 0 Å². The fourth-order valence-corrected chi connectivity index (χ4v) is 3.82. The second-order valence-electron chi connectivity index (χ2n) is 7.47. The Labute approximate surface area is 153 Å². The molecule has 1 spiro atoms. The molecule has 22 heavy (non-hydrogen) atoms. The molecule has 0 bridgehead atoms. The first-order valence-corrected chi connectivity index (χ1v) is 8.89. The minimum absolute atomic E-state index is 0. The molecule has 0 radical (unpaired) electrons. The maximum atomic E-state index is 4.94. The van der Waals surface area contributed by atoms with Crippen LogP contribution in [0.15, 0.2) is 4.99 Å². The van der Waals surface area contributed by atoms with E-state index in [4.69, 9.17) is 4.99 Å². The molecule has 0 aromatic rings. The monoisotopic (exact) mass is 420 g/mol. The Balaban J connectivity index is 0.00000176. The molecule has 128 valence electrons. The average Bonchev–Trinajstić information content (AvgIpc) is 3.19. The Kier molecular flexibility index (Phi) is 6.39. The van der Waals surface area contributed by atoms with Crippen LogP contribution in [0.25, 0.3) is 0 Å². The van der Waals surface area contributed by atoms with Gasteiger partial charge >= 0.3 is 0 Å². The van der Waals surface area contributed by atoms with E-state index in [2.05, 4.69) is 36.0 Å². The lowest BCUT2D eigenvalue weighted by atomic mass is 9.68. The zero-order valence-corrected chi connectivity index (χ0v) is 16.8. The highest BCUT2D eigenvalue weighted by molar-refractivity contribution is 14.0. The van der Waals surface area contributed by atoms with Crippen LogP contribution >= 0.6 is 24.0 Å². The molecule has 3 fully saturated rings. The van der Waals surface area contributed by atoms with Crippen molar-refractivity contribution in [2.75, 3.05) is 33.2 Å². The van der Waals surface area contributed by atoms with Gasteiger partial charge in [0.15, 0.2) is 5.96 Å². The van der Waals surface area contributed by atoms with Gasteiger partial charge in [-0.15, -0.1) is 24.0 Å². The van der Waals surface area contributed by atoms with Crippen molar-refractivity contribution >= 4 is 29.9 Å². The lowest BCUT2D eigenvalue weighted by Gasteiger charge is -2.38. The third-order valence-corrected chi connectivity index (χ3v) is 5.81. The van der Waals surface area contributed by atoms with Gasteiger partial charge in [0, 0.05) is 31.7 Å². The molecule has 3 rings (SSSR count). The molecule has 0 aromatic carbocycles. The van der Waals surface area contributed by atoms with Crippen LogP contribution in [0.2, 0.25) is 0 Å². The van der Waals surface area contributed by atoms with Gasteiger partial charge in [0.05, 0.1) is 6.54 Å². The molecule has 2 aliphatic carbocycles. The largest absolute Gasteiger partial charge is 0.357 e. The fourth-order valence-electron chi connectivity index (χ4n) is 3.82. The fraction of sp³-hybridized carbons (Fsp3) is 0.941. The van der Waals surface area contributed by atoms with Crippen LogP contribution in [0.1, 0.15) is 52.4 Å². The van der Waals surface area contributed by atoms with E-state index in [-0.39, 0.29) is 24.0 Å². The van der Waals surface area contributed by atoms with E-state index in [0.717, 1.165) is 25.1 Å². The van der Waals surface area contributed by atoms with Crippen molar-refractivity contribution in [2.24, 2.45) is 10.4 Å². The van der Waals surface area contributed by atoms with Crippen LogP contribution in [0.4, 0.5) is 0 Å². The molecule has 1 aliphatic heterocycles. The molecule has 2 saturated carbocycles. The van der Waals surface area contributed by atoms with E-state index in [1.165, 1.54) is 51.6 Å². The molecule has 4 nitrogen and oxygen atoms in total. The Hall–Kier alpha value is -0.0400. The van der Waals surface area contributed by atoms with Gasteiger partial charge in [0.2, 0.25) is 0 Å². The van der Waals surface area contributed by atoms with Gasteiger partial charge in [0.1, 0.15) is 0 Å². The first kappa shape index (κ1) is 18.3. The zero-order chi connectivity index (χ0) is 14.9. The van der Waals surface area contributed by atoms with Crippen LogP contribution in [-0.4, -0.2) is 61.1 Å². The van der Waals surface area contributed by atoms with Gasteiger partial charge in [-0.25, -0.2) is 0 Å². The summed E-state index contributed by atoms with van der Waals surface area (Å²) in [5, 5.41) is 3.51. The molecule has 3 aliphatic rings. The second-order valence-corrected chi connectivity index (χ2v) is 7.47. The van der Waals surface area contributed by atoms with Crippen LogP contribution < -0.4 is 5.32 Å². The van der Waals surface area contributed by atoms with E-state index in [1.807, 2.05) is 0 Å². The number of likely N-dealkylation sites (tertiary alicyclic amines) is 1. The van der Waals surface area contributed by atoms with Crippen LogP contribution in [-0.2, 0) is 0 Å². The highest BCUT2D eigenvalue weighted by Crippen LogP contribution is 2.47. The number of likely N-dealkylation sites (N-methyl/N-ethyl adjacent to an activating group) is 1. The van der Waals surface area contributed by atoms with E-state index in [9.17, 15) is 0 Å². The topological polar surface area (TPSA) is 30.9 Å². The molecule has 1 N–H and O–H groups in total. The van der Waals surface area contributed by atoms with Gasteiger partial charge in [-0.1, -0.05) is 6.42 Å². The molecule has 1 heterocycles. The summed E-state index contributed by atoms with van der Waals surface area (Å²) in [4.78, 5) is 9.95. The quantitative estimate of drug-likeness (QED) is 0.422. The van der Waals surface area contributed by atoms with Gasteiger partial charge in [0.25, 0.3) is 0 Å². The Morgan fingerprint density at radius 2 is 2.09 bits per heavy atom. The van der Waals surface area contributed by atoms with Crippen molar-refractivity contribution in [3.05, 3.63) is 0 Å². The van der Waals surface area contributed by atoms with Gasteiger partial charge < -0.3 is 10.2 Å². The smallest absolute Gasteiger partial charge is 0.193 e. The molecule has 5 heteroatoms. The SMILES string of the molecule is CCNC(=NCC(C)N(C)C1CC1)N1CCC2(CCC2)C1.I. The van der Waals surface area contributed by atoms with Crippen LogP contribution in [0.5, 0.6) is 0 Å². The predicted molar refractivity (Wildman–Crippen MR) is 104 cm³/mol. The lowest BCUT2D eigenvalue weighted by molar-refractivity contribution is 0.151. The first-order valence-electron chi connectivity index (χ1n) is 8.89. The normalized spacial score (nSPS) is 25.1. The van der Waals surface area contributed by atoms with Crippen molar-refractivity contribution in [2.45, 2.75) is 64.5 Å². The van der Waals surface area contributed by atoms with Crippen molar-refractivity contribution < 1.29 is 0 Å². The number of rotatable bonds is 5. The summed E-state index contributed by atoms with van der Waals surface area (Å²) in [6.45, 7) is 8.78. The summed E-state index contributed by atoms with van der Waals surface area (Å²) in [6, 6.07) is 1.37. The number of hydrogen-bond donors (Lipinski definition) is 1. The average molecular weight is 420 g/mol. The summed E-state index contributed by atoms with van der Waals surface area (Å²) in [5.74, 6) is 1.15. The number of halogens is 1. The maximum Gasteiger partial charge on any atom is 0.193 e. The van der Waals surface area contributed by atoms with Crippen LogP contribution in [0.3, 0.4) is 0 Å². The van der Waals surface area contributed by atoms with E-state index in [0.29, 0.717) is 11.5 Å². The van der Waals surface area contributed by atoms with E-state index >= 15 is 0 Å². The van der Waals surface area contributed by atoms with Crippen molar-refractivity contribution in [3.8, 4) is 0 Å². The molecule has 1 saturated heterocycles. The lowest BCUT2D eigenvalue weighted by Crippen LogP contribution is -2.43. The molecule has 0 aromatic heterocycles. The third kappa shape index (κ3) is 4.08. The minimum Gasteiger partial charge on any atom is -0.357 e. The molecular weight excluding hydrogens is 387 g/mol. The number of hydrogen-bond acceptors (Lipinski definition) is 2. The Morgan fingerprint density at radius 1 is 1.36 bits per heavy atom. The highest BCUT2D eigenvalue weighted by Gasteiger charge is 2.43. The van der Waals surface area contributed by atoms with Crippen molar-refractivity contribution in [3.63, 3.8) is 0 Å². The minimum atomic E-state index is 0. The first-order chi connectivity index (χ1) is 10.1.